The van der Waals surface area contributed by atoms with E-state index in [0.29, 0.717) is 18.8 Å². The van der Waals surface area contributed by atoms with Gasteiger partial charge in [-0.2, -0.15) is 0 Å². The quantitative estimate of drug-likeness (QED) is 0.113. The third-order valence-electron chi connectivity index (χ3n) is 9.58. The number of nitrogens with zero attached hydrogens (tertiary/aromatic N) is 4. The lowest BCUT2D eigenvalue weighted by atomic mass is 9.98. The SMILES string of the molecule is Oc1c(CN2CCN(Cc3ccc(Cl)cc3)CC2)cc(-c2ssc(=S)c2-c2ccccc2)cc1CN1CCN(Cc2ccc(Cl)cc2)CC1. The molecular formula is C39H40Cl2N4OS3. The molecule has 0 unspecified atom stereocenters. The predicted molar refractivity (Wildman–Crippen MR) is 210 cm³/mol. The first-order valence-corrected chi connectivity index (χ1v) is 20.1. The van der Waals surface area contributed by atoms with Gasteiger partial charge in [-0.1, -0.05) is 111 Å². The van der Waals surface area contributed by atoms with Gasteiger partial charge < -0.3 is 5.11 Å². The standard InChI is InChI=1S/C39H40Cl2N4OS3/c40-34-10-6-28(7-11-34)24-42-14-18-44(19-15-42)26-32-22-31(38-36(39(47)49-48-38)30-4-2-1-3-5-30)23-33(37(32)46)27-45-20-16-43(17-21-45)25-29-8-12-35(41)13-9-29/h1-13,22-23,46H,14-21,24-27H2. The highest BCUT2D eigenvalue weighted by molar-refractivity contribution is 7.80. The van der Waals surface area contributed by atoms with Crippen molar-refractivity contribution in [3.63, 3.8) is 0 Å². The van der Waals surface area contributed by atoms with Crippen LogP contribution in [0.2, 0.25) is 10.0 Å². The van der Waals surface area contributed by atoms with Crippen LogP contribution < -0.4 is 0 Å². The second-order valence-corrected chi connectivity index (χ2v) is 16.7. The Labute approximate surface area is 311 Å². The van der Waals surface area contributed by atoms with Crippen LogP contribution in [-0.2, 0) is 26.2 Å². The molecule has 2 aliphatic rings. The number of piperazine rings is 2. The maximum atomic E-state index is 11.8. The number of phenols is 1. The van der Waals surface area contributed by atoms with Crippen molar-refractivity contribution in [1.29, 1.82) is 0 Å². The van der Waals surface area contributed by atoms with Gasteiger partial charge in [0.2, 0.25) is 0 Å². The lowest BCUT2D eigenvalue weighted by Crippen LogP contribution is -2.45. The molecule has 10 heteroatoms. The monoisotopic (exact) mass is 746 g/mol. The van der Waals surface area contributed by atoms with Crippen LogP contribution in [-0.4, -0.2) is 77.1 Å². The Morgan fingerprint density at radius 2 is 0.980 bits per heavy atom. The van der Waals surface area contributed by atoms with E-state index in [0.717, 1.165) is 107 Å². The number of halogens is 2. The van der Waals surface area contributed by atoms with Crippen LogP contribution in [0.4, 0.5) is 0 Å². The van der Waals surface area contributed by atoms with E-state index in [1.54, 1.807) is 20.7 Å². The fourth-order valence-corrected chi connectivity index (χ4v) is 9.98. The molecule has 2 fully saturated rings. The van der Waals surface area contributed by atoms with Gasteiger partial charge in [0, 0.05) is 105 Å². The van der Waals surface area contributed by atoms with Crippen LogP contribution in [0.25, 0.3) is 21.6 Å². The Balaban J connectivity index is 1.09. The van der Waals surface area contributed by atoms with Crippen LogP contribution in [0.1, 0.15) is 22.3 Å². The molecule has 0 bridgehead atoms. The third kappa shape index (κ3) is 8.82. The summed E-state index contributed by atoms with van der Waals surface area (Å²) in [6.07, 6.45) is 0. The molecule has 0 spiro atoms. The number of hydrogen-bond donors (Lipinski definition) is 1. The van der Waals surface area contributed by atoms with Gasteiger partial charge in [-0.15, -0.1) is 0 Å². The first-order valence-electron chi connectivity index (χ1n) is 16.8. The largest absolute Gasteiger partial charge is 0.507 e. The molecule has 1 aromatic heterocycles. The molecule has 0 saturated carbocycles. The minimum Gasteiger partial charge on any atom is -0.507 e. The molecule has 49 heavy (non-hydrogen) atoms. The second-order valence-electron chi connectivity index (χ2n) is 13.0. The van der Waals surface area contributed by atoms with E-state index >= 15 is 0 Å². The van der Waals surface area contributed by atoms with Gasteiger partial charge in [0.25, 0.3) is 0 Å². The Morgan fingerprint density at radius 3 is 1.43 bits per heavy atom. The van der Waals surface area contributed by atoms with Crippen molar-refractivity contribution in [2.75, 3.05) is 52.4 Å². The summed E-state index contributed by atoms with van der Waals surface area (Å²) >= 11 is 18.1. The normalized spacial score (nSPS) is 16.7. The number of hydrogen-bond acceptors (Lipinski definition) is 8. The highest BCUT2D eigenvalue weighted by Gasteiger charge is 2.24. The Hall–Kier alpha value is -2.63. The lowest BCUT2D eigenvalue weighted by molar-refractivity contribution is 0.119. The van der Waals surface area contributed by atoms with E-state index < -0.39 is 0 Å². The smallest absolute Gasteiger partial charge is 0.124 e. The summed E-state index contributed by atoms with van der Waals surface area (Å²) < 4.78 is 0.913. The zero-order valence-electron chi connectivity index (χ0n) is 27.4. The Kier molecular flexibility index (Phi) is 11.5. The topological polar surface area (TPSA) is 33.2 Å². The summed E-state index contributed by atoms with van der Waals surface area (Å²) in [5, 5.41) is 13.4. The molecule has 254 valence electrons. The third-order valence-corrected chi connectivity index (χ3v) is 13.2. The van der Waals surface area contributed by atoms with Crippen molar-refractivity contribution >= 4 is 56.1 Å². The molecule has 0 atom stereocenters. The average Bonchev–Trinajstić information content (AvgIpc) is 3.51. The van der Waals surface area contributed by atoms with Crippen molar-refractivity contribution in [3.8, 4) is 27.3 Å². The first kappa shape index (κ1) is 34.8. The maximum Gasteiger partial charge on any atom is 0.124 e. The maximum absolute atomic E-state index is 11.8. The minimum absolute atomic E-state index is 0.427. The summed E-state index contributed by atoms with van der Waals surface area (Å²) in [6.45, 7) is 11.0. The van der Waals surface area contributed by atoms with Crippen LogP contribution in [0.15, 0.2) is 91.0 Å². The molecule has 4 aromatic carbocycles. The molecule has 7 rings (SSSR count). The predicted octanol–water partition coefficient (Wildman–Crippen LogP) is 9.52. The molecule has 0 aliphatic carbocycles. The molecule has 3 heterocycles. The summed E-state index contributed by atoms with van der Waals surface area (Å²) in [5.74, 6) is 0.427. The van der Waals surface area contributed by atoms with Crippen molar-refractivity contribution < 1.29 is 5.11 Å². The molecule has 0 radical (unpaired) electrons. The van der Waals surface area contributed by atoms with Gasteiger partial charge in [-0.25, -0.2) is 0 Å². The summed E-state index contributed by atoms with van der Waals surface area (Å²) in [6, 6.07) is 31.2. The Morgan fingerprint density at radius 1 is 0.551 bits per heavy atom. The number of phenolic OH excluding ortho intramolecular Hbond substituents is 1. The molecular weight excluding hydrogens is 708 g/mol. The molecule has 0 amide bonds. The summed E-state index contributed by atoms with van der Waals surface area (Å²) in [4.78, 5) is 11.1. The highest BCUT2D eigenvalue weighted by atomic mass is 35.5. The molecule has 2 aliphatic heterocycles. The van der Waals surface area contributed by atoms with E-state index in [-0.39, 0.29) is 0 Å². The molecule has 2 saturated heterocycles. The zero-order chi connectivity index (χ0) is 33.7. The zero-order valence-corrected chi connectivity index (χ0v) is 31.3. The number of aromatic hydroxyl groups is 1. The van der Waals surface area contributed by atoms with Crippen LogP contribution >= 0.6 is 56.1 Å². The Bertz CT molecular complexity index is 1810. The van der Waals surface area contributed by atoms with E-state index in [1.807, 2.05) is 30.3 Å². The van der Waals surface area contributed by atoms with Crippen molar-refractivity contribution in [3.05, 3.63) is 127 Å². The second kappa shape index (κ2) is 16.1. The van der Waals surface area contributed by atoms with Crippen molar-refractivity contribution in [2.24, 2.45) is 0 Å². The van der Waals surface area contributed by atoms with Gasteiger partial charge in [-0.3, -0.25) is 19.6 Å². The van der Waals surface area contributed by atoms with Gasteiger partial charge >= 0.3 is 0 Å². The molecule has 5 nitrogen and oxygen atoms in total. The van der Waals surface area contributed by atoms with Crippen LogP contribution in [0.3, 0.4) is 0 Å². The number of benzene rings is 4. The average molecular weight is 748 g/mol. The van der Waals surface area contributed by atoms with Crippen LogP contribution in [0, 0.1) is 3.82 Å². The lowest BCUT2D eigenvalue weighted by Gasteiger charge is -2.36. The summed E-state index contributed by atoms with van der Waals surface area (Å²) in [5.41, 5.74) is 7.95. The highest BCUT2D eigenvalue weighted by Crippen LogP contribution is 2.43. The fraction of sp³-hybridized carbons (Fsp3) is 0.308. The first-order chi connectivity index (χ1) is 23.9. The van der Waals surface area contributed by atoms with E-state index in [2.05, 4.69) is 80.3 Å². The van der Waals surface area contributed by atoms with Crippen LogP contribution in [0.5, 0.6) is 5.75 Å². The van der Waals surface area contributed by atoms with E-state index in [9.17, 15) is 5.11 Å². The minimum atomic E-state index is 0.427. The van der Waals surface area contributed by atoms with Gasteiger partial charge in [0.1, 0.15) is 9.57 Å². The van der Waals surface area contributed by atoms with Crippen molar-refractivity contribution in [1.82, 2.24) is 19.6 Å². The van der Waals surface area contributed by atoms with Gasteiger partial charge in [0.15, 0.2) is 0 Å². The van der Waals surface area contributed by atoms with Crippen molar-refractivity contribution in [2.45, 2.75) is 26.2 Å². The fourth-order valence-electron chi connectivity index (χ4n) is 6.82. The van der Waals surface area contributed by atoms with E-state index in [4.69, 9.17) is 35.4 Å². The van der Waals surface area contributed by atoms with Gasteiger partial charge in [0.05, 0.1) is 4.88 Å². The van der Waals surface area contributed by atoms with Gasteiger partial charge in [-0.05, 0) is 58.7 Å². The molecule has 1 N–H and O–H groups in total. The number of rotatable bonds is 10. The summed E-state index contributed by atoms with van der Waals surface area (Å²) in [7, 11) is 3.40. The van der Waals surface area contributed by atoms with E-state index in [1.165, 1.54) is 16.0 Å². The molecule has 5 aromatic rings.